The highest BCUT2D eigenvalue weighted by Gasteiger charge is 2.21. The summed E-state index contributed by atoms with van der Waals surface area (Å²) < 4.78 is 5.47. The van der Waals surface area contributed by atoms with E-state index in [1.54, 1.807) is 11.8 Å². The zero-order chi connectivity index (χ0) is 8.04. The van der Waals surface area contributed by atoms with Gasteiger partial charge in [-0.3, -0.25) is 0 Å². The molecule has 0 fully saturated rings. The summed E-state index contributed by atoms with van der Waals surface area (Å²) in [5.74, 6) is 0.970. The van der Waals surface area contributed by atoms with Crippen molar-refractivity contribution in [1.82, 2.24) is 0 Å². The van der Waals surface area contributed by atoms with Crippen LogP contribution in [0.1, 0.15) is 13.8 Å². The molecule has 0 aliphatic heterocycles. The van der Waals surface area contributed by atoms with E-state index >= 15 is 0 Å². The van der Waals surface area contributed by atoms with Crippen LogP contribution in [0.3, 0.4) is 0 Å². The summed E-state index contributed by atoms with van der Waals surface area (Å²) in [4.78, 5) is 0. The Kier molecular flexibility index (Phi) is 5.13. The van der Waals surface area contributed by atoms with E-state index in [2.05, 4.69) is 6.26 Å². The molecule has 0 rings (SSSR count). The fraction of sp³-hybridized carbons (Fsp3) is 1.00. The number of hydrogen-bond donors (Lipinski definition) is 1. The third kappa shape index (κ3) is 3.44. The molecule has 2 nitrogen and oxygen atoms in total. The summed E-state index contributed by atoms with van der Waals surface area (Å²) in [6.07, 6.45) is 2.06. The van der Waals surface area contributed by atoms with Crippen LogP contribution in [0.4, 0.5) is 0 Å². The van der Waals surface area contributed by atoms with Crippen LogP contribution in [0, 0.1) is 0 Å². The summed E-state index contributed by atoms with van der Waals surface area (Å²) in [6, 6.07) is 0. The van der Waals surface area contributed by atoms with Gasteiger partial charge in [-0.1, -0.05) is 0 Å². The largest absolute Gasteiger partial charge is 0.373 e. The van der Waals surface area contributed by atoms with Gasteiger partial charge >= 0.3 is 0 Å². The minimum Gasteiger partial charge on any atom is -0.373 e. The molecule has 0 saturated heterocycles. The molecule has 0 aliphatic carbocycles. The SMILES string of the molecule is CCOC(C)(CN)CSC. The second kappa shape index (κ2) is 4.99. The molecule has 62 valence electrons. The van der Waals surface area contributed by atoms with E-state index < -0.39 is 0 Å². The lowest BCUT2D eigenvalue weighted by molar-refractivity contribution is 0.00145. The Balaban J connectivity index is 3.69. The molecule has 0 aromatic rings. The van der Waals surface area contributed by atoms with Crippen LogP contribution in [0.5, 0.6) is 0 Å². The monoisotopic (exact) mass is 163 g/mol. The van der Waals surface area contributed by atoms with Crippen molar-refractivity contribution in [2.75, 3.05) is 25.2 Å². The predicted molar refractivity (Wildman–Crippen MR) is 47.5 cm³/mol. The van der Waals surface area contributed by atoms with E-state index in [1.165, 1.54) is 0 Å². The molecule has 0 aromatic heterocycles. The molecule has 0 saturated carbocycles. The summed E-state index contributed by atoms with van der Waals surface area (Å²) >= 11 is 1.77. The topological polar surface area (TPSA) is 35.2 Å². The van der Waals surface area contributed by atoms with Crippen LogP contribution in [-0.4, -0.2) is 30.8 Å². The van der Waals surface area contributed by atoms with Crippen molar-refractivity contribution in [3.05, 3.63) is 0 Å². The maximum atomic E-state index is 5.54. The van der Waals surface area contributed by atoms with E-state index in [4.69, 9.17) is 10.5 Å². The molecule has 0 spiro atoms. The number of hydrogen-bond acceptors (Lipinski definition) is 3. The number of rotatable bonds is 5. The third-order valence-corrected chi connectivity index (χ3v) is 2.27. The Bertz CT molecular complexity index is 81.7. The average Bonchev–Trinajstić information content (AvgIpc) is 1.89. The molecule has 0 aromatic carbocycles. The van der Waals surface area contributed by atoms with Crippen molar-refractivity contribution >= 4 is 11.8 Å². The molecule has 0 aliphatic rings. The van der Waals surface area contributed by atoms with E-state index in [0.717, 1.165) is 12.4 Å². The van der Waals surface area contributed by atoms with E-state index in [0.29, 0.717) is 6.54 Å². The fourth-order valence-corrected chi connectivity index (χ4v) is 1.63. The molecule has 3 heteroatoms. The van der Waals surface area contributed by atoms with Crippen LogP contribution in [-0.2, 0) is 4.74 Å². The minimum absolute atomic E-state index is 0.117. The van der Waals surface area contributed by atoms with Crippen molar-refractivity contribution in [1.29, 1.82) is 0 Å². The molecule has 0 radical (unpaired) electrons. The van der Waals surface area contributed by atoms with Gasteiger partial charge in [-0.05, 0) is 20.1 Å². The first-order valence-corrected chi connectivity index (χ1v) is 4.91. The first-order valence-electron chi connectivity index (χ1n) is 3.51. The molecule has 2 N–H and O–H groups in total. The fourth-order valence-electron chi connectivity index (χ4n) is 0.813. The lowest BCUT2D eigenvalue weighted by atomic mass is 10.1. The van der Waals surface area contributed by atoms with Gasteiger partial charge in [0.1, 0.15) is 0 Å². The molecule has 1 atom stereocenters. The van der Waals surface area contributed by atoms with Crippen molar-refractivity contribution in [3.8, 4) is 0 Å². The summed E-state index contributed by atoms with van der Waals surface area (Å²) in [7, 11) is 0. The van der Waals surface area contributed by atoms with Crippen LogP contribution in [0.2, 0.25) is 0 Å². The zero-order valence-corrected chi connectivity index (χ0v) is 7.83. The molecular formula is C7H17NOS. The van der Waals surface area contributed by atoms with Gasteiger partial charge in [-0.2, -0.15) is 11.8 Å². The molecule has 0 bridgehead atoms. The maximum absolute atomic E-state index is 5.54. The summed E-state index contributed by atoms with van der Waals surface area (Å²) in [6.45, 7) is 5.39. The van der Waals surface area contributed by atoms with E-state index in [-0.39, 0.29) is 5.60 Å². The Morgan fingerprint density at radius 2 is 2.20 bits per heavy atom. The highest BCUT2D eigenvalue weighted by Crippen LogP contribution is 2.13. The van der Waals surface area contributed by atoms with Crippen LogP contribution >= 0.6 is 11.8 Å². The van der Waals surface area contributed by atoms with Gasteiger partial charge < -0.3 is 10.5 Å². The van der Waals surface area contributed by atoms with Crippen LogP contribution in [0.15, 0.2) is 0 Å². The van der Waals surface area contributed by atoms with Crippen molar-refractivity contribution in [2.45, 2.75) is 19.4 Å². The van der Waals surface area contributed by atoms with Gasteiger partial charge in [0.2, 0.25) is 0 Å². The van der Waals surface area contributed by atoms with Crippen molar-refractivity contribution in [3.63, 3.8) is 0 Å². The molecule has 10 heavy (non-hydrogen) atoms. The normalized spacial score (nSPS) is 16.8. The van der Waals surface area contributed by atoms with Gasteiger partial charge in [-0.15, -0.1) is 0 Å². The third-order valence-electron chi connectivity index (χ3n) is 1.37. The van der Waals surface area contributed by atoms with Crippen LogP contribution < -0.4 is 5.73 Å². The average molecular weight is 163 g/mol. The molecule has 0 amide bonds. The highest BCUT2D eigenvalue weighted by molar-refractivity contribution is 7.98. The zero-order valence-electron chi connectivity index (χ0n) is 7.02. The Morgan fingerprint density at radius 3 is 2.50 bits per heavy atom. The first kappa shape index (κ1) is 10.3. The molecule has 1 unspecified atom stereocenters. The van der Waals surface area contributed by atoms with E-state index in [1.807, 2.05) is 13.8 Å². The van der Waals surface area contributed by atoms with Gasteiger partial charge in [-0.25, -0.2) is 0 Å². The quantitative estimate of drug-likeness (QED) is 0.659. The van der Waals surface area contributed by atoms with Crippen LogP contribution in [0.25, 0.3) is 0 Å². The highest BCUT2D eigenvalue weighted by atomic mass is 32.2. The Hall–Kier alpha value is 0.270. The Labute approximate surface area is 67.5 Å². The minimum atomic E-state index is -0.117. The lowest BCUT2D eigenvalue weighted by Gasteiger charge is -2.26. The molecule has 0 heterocycles. The maximum Gasteiger partial charge on any atom is 0.0865 e. The smallest absolute Gasteiger partial charge is 0.0865 e. The second-order valence-electron chi connectivity index (χ2n) is 2.52. The van der Waals surface area contributed by atoms with Gasteiger partial charge in [0.05, 0.1) is 5.60 Å². The summed E-state index contributed by atoms with van der Waals surface area (Å²) in [5.41, 5.74) is 5.42. The van der Waals surface area contributed by atoms with E-state index in [9.17, 15) is 0 Å². The standard InChI is InChI=1S/C7H17NOS/c1-4-9-7(2,5-8)6-10-3/h4-6,8H2,1-3H3. The Morgan fingerprint density at radius 1 is 1.60 bits per heavy atom. The van der Waals surface area contributed by atoms with Gasteiger partial charge in [0.25, 0.3) is 0 Å². The lowest BCUT2D eigenvalue weighted by Crippen LogP contribution is -2.40. The van der Waals surface area contributed by atoms with Gasteiger partial charge in [0, 0.05) is 18.9 Å². The number of ether oxygens (including phenoxy) is 1. The van der Waals surface area contributed by atoms with Gasteiger partial charge in [0.15, 0.2) is 0 Å². The molecular weight excluding hydrogens is 146 g/mol. The second-order valence-corrected chi connectivity index (χ2v) is 3.39. The number of thioether (sulfide) groups is 1. The predicted octanol–water partition coefficient (Wildman–Crippen LogP) is 1.10. The first-order chi connectivity index (χ1) is 4.68. The van der Waals surface area contributed by atoms with Crippen molar-refractivity contribution < 1.29 is 4.74 Å². The van der Waals surface area contributed by atoms with Crippen molar-refractivity contribution in [2.24, 2.45) is 5.73 Å². The summed E-state index contributed by atoms with van der Waals surface area (Å²) in [5, 5.41) is 0. The number of nitrogens with two attached hydrogens (primary N) is 1.